The molecule has 0 aliphatic carbocycles. The lowest BCUT2D eigenvalue weighted by atomic mass is 10.1. The predicted molar refractivity (Wildman–Crippen MR) is 86.7 cm³/mol. The van der Waals surface area contributed by atoms with Crippen LogP contribution in [0.2, 0.25) is 0 Å². The molecule has 0 heterocycles. The van der Waals surface area contributed by atoms with Crippen LogP contribution >= 0.6 is 0 Å². The van der Waals surface area contributed by atoms with Gasteiger partial charge in [0, 0.05) is 13.1 Å². The molecule has 0 saturated heterocycles. The van der Waals surface area contributed by atoms with E-state index in [1.807, 2.05) is 60.7 Å². The summed E-state index contributed by atoms with van der Waals surface area (Å²) in [5.41, 5.74) is 2.32. The van der Waals surface area contributed by atoms with Gasteiger partial charge in [-0.1, -0.05) is 60.7 Å². The van der Waals surface area contributed by atoms with E-state index in [0.29, 0.717) is 13.1 Å². The van der Waals surface area contributed by atoms with Crippen LogP contribution < -0.4 is 0 Å². The van der Waals surface area contributed by atoms with Gasteiger partial charge in [0.05, 0.1) is 6.26 Å². The molecule has 0 atom stereocenters. The number of hydrogen-bond acceptors (Lipinski definition) is 2. The fourth-order valence-electron chi connectivity index (χ4n) is 2.24. The van der Waals surface area contributed by atoms with Gasteiger partial charge in [0.2, 0.25) is 10.0 Å². The average Bonchev–Trinajstić information content (AvgIpc) is 2.48. The predicted octanol–water partition coefficient (Wildman–Crippen LogP) is 2.73. The van der Waals surface area contributed by atoms with Crippen molar-refractivity contribution in [3.05, 3.63) is 71.8 Å². The average molecular weight is 303 g/mol. The Bertz CT molecular complexity index is 596. The zero-order valence-corrected chi connectivity index (χ0v) is 13.1. The van der Waals surface area contributed by atoms with Crippen LogP contribution in [0.5, 0.6) is 0 Å². The summed E-state index contributed by atoms with van der Waals surface area (Å²) in [5, 5.41) is 0. The highest BCUT2D eigenvalue weighted by Gasteiger charge is 2.16. The molecular formula is C17H21NO2S. The van der Waals surface area contributed by atoms with Gasteiger partial charge < -0.3 is 0 Å². The first-order chi connectivity index (χ1) is 10.1. The summed E-state index contributed by atoms with van der Waals surface area (Å²) in [6, 6.07) is 19.9. The van der Waals surface area contributed by atoms with Crippen molar-refractivity contribution in [2.45, 2.75) is 12.8 Å². The molecule has 0 unspecified atom stereocenters. The van der Waals surface area contributed by atoms with E-state index in [1.165, 1.54) is 6.26 Å². The lowest BCUT2D eigenvalue weighted by Gasteiger charge is -2.20. The molecule has 2 aromatic carbocycles. The maximum atomic E-state index is 11.9. The second-order valence-corrected chi connectivity index (χ2v) is 7.12. The Balaban J connectivity index is 1.96. The van der Waals surface area contributed by atoms with E-state index < -0.39 is 10.0 Å². The number of nitrogens with zero attached hydrogens (tertiary/aromatic N) is 1. The first-order valence-corrected chi connectivity index (χ1v) is 8.93. The highest BCUT2D eigenvalue weighted by Crippen LogP contribution is 2.07. The molecule has 21 heavy (non-hydrogen) atoms. The van der Waals surface area contributed by atoms with Crippen LogP contribution in [0.4, 0.5) is 0 Å². The molecule has 0 bridgehead atoms. The first-order valence-electron chi connectivity index (χ1n) is 7.09. The molecule has 3 nitrogen and oxygen atoms in total. The summed E-state index contributed by atoms with van der Waals surface area (Å²) in [7, 11) is -3.17. The smallest absolute Gasteiger partial charge is 0.211 e. The Morgan fingerprint density at radius 3 is 1.48 bits per heavy atom. The van der Waals surface area contributed by atoms with E-state index in [2.05, 4.69) is 0 Å². The minimum atomic E-state index is -3.17. The van der Waals surface area contributed by atoms with Crippen molar-refractivity contribution in [1.29, 1.82) is 0 Å². The van der Waals surface area contributed by atoms with Gasteiger partial charge >= 0.3 is 0 Å². The third kappa shape index (κ3) is 5.33. The van der Waals surface area contributed by atoms with E-state index in [4.69, 9.17) is 0 Å². The maximum Gasteiger partial charge on any atom is 0.211 e. The Labute approximate surface area is 127 Å². The van der Waals surface area contributed by atoms with E-state index in [1.54, 1.807) is 4.31 Å². The lowest BCUT2D eigenvalue weighted by Crippen LogP contribution is -2.33. The van der Waals surface area contributed by atoms with Gasteiger partial charge in [-0.15, -0.1) is 0 Å². The van der Waals surface area contributed by atoms with Crippen LogP contribution in [0.15, 0.2) is 60.7 Å². The molecule has 0 fully saturated rings. The van der Waals surface area contributed by atoms with E-state index in [9.17, 15) is 8.42 Å². The normalized spacial score (nSPS) is 11.7. The molecule has 0 amide bonds. The largest absolute Gasteiger partial charge is 0.213 e. The summed E-state index contributed by atoms with van der Waals surface area (Å²) < 4.78 is 25.4. The third-order valence-electron chi connectivity index (χ3n) is 3.45. The summed E-state index contributed by atoms with van der Waals surface area (Å²) in [5.74, 6) is 0. The van der Waals surface area contributed by atoms with E-state index in [0.717, 1.165) is 24.0 Å². The number of benzene rings is 2. The fraction of sp³-hybridized carbons (Fsp3) is 0.294. The highest BCUT2D eigenvalue weighted by molar-refractivity contribution is 7.88. The zero-order valence-electron chi connectivity index (χ0n) is 12.3. The van der Waals surface area contributed by atoms with E-state index in [-0.39, 0.29) is 0 Å². The minimum Gasteiger partial charge on any atom is -0.213 e. The number of rotatable bonds is 7. The molecule has 112 valence electrons. The van der Waals surface area contributed by atoms with Crippen LogP contribution in [0.25, 0.3) is 0 Å². The minimum absolute atomic E-state index is 0.523. The van der Waals surface area contributed by atoms with Gasteiger partial charge in [0.25, 0.3) is 0 Å². The molecule has 2 aromatic rings. The van der Waals surface area contributed by atoms with Crippen molar-refractivity contribution in [3.63, 3.8) is 0 Å². The van der Waals surface area contributed by atoms with E-state index >= 15 is 0 Å². The fourth-order valence-corrected chi connectivity index (χ4v) is 3.09. The molecule has 0 aliphatic heterocycles. The second-order valence-electron chi connectivity index (χ2n) is 5.13. The molecular weight excluding hydrogens is 282 g/mol. The SMILES string of the molecule is CS(=O)(=O)N(CCc1ccccc1)CCc1ccccc1. The van der Waals surface area contributed by atoms with Crippen molar-refractivity contribution < 1.29 is 8.42 Å². The molecule has 4 heteroatoms. The van der Waals surface area contributed by atoms with Crippen LogP contribution in [-0.2, 0) is 22.9 Å². The van der Waals surface area contributed by atoms with Gasteiger partial charge in [0.15, 0.2) is 0 Å². The molecule has 0 spiro atoms. The highest BCUT2D eigenvalue weighted by atomic mass is 32.2. The first kappa shape index (κ1) is 15.7. The van der Waals surface area contributed by atoms with Crippen molar-refractivity contribution in [2.24, 2.45) is 0 Å². The Morgan fingerprint density at radius 2 is 1.14 bits per heavy atom. The van der Waals surface area contributed by atoms with Gasteiger partial charge in [-0.2, -0.15) is 0 Å². The molecule has 0 radical (unpaired) electrons. The third-order valence-corrected chi connectivity index (χ3v) is 4.76. The monoisotopic (exact) mass is 303 g/mol. The summed E-state index contributed by atoms with van der Waals surface area (Å²) >= 11 is 0. The van der Waals surface area contributed by atoms with Crippen molar-refractivity contribution in [2.75, 3.05) is 19.3 Å². The number of sulfonamides is 1. The molecule has 0 saturated carbocycles. The van der Waals surface area contributed by atoms with Gasteiger partial charge in [0.1, 0.15) is 0 Å². The van der Waals surface area contributed by atoms with Gasteiger partial charge in [-0.05, 0) is 24.0 Å². The lowest BCUT2D eigenvalue weighted by molar-refractivity contribution is 0.421. The van der Waals surface area contributed by atoms with Gasteiger partial charge in [-0.3, -0.25) is 0 Å². The van der Waals surface area contributed by atoms with Crippen molar-refractivity contribution in [1.82, 2.24) is 4.31 Å². The summed E-state index contributed by atoms with van der Waals surface area (Å²) in [4.78, 5) is 0. The van der Waals surface area contributed by atoms with Crippen LogP contribution in [0, 0.1) is 0 Å². The number of hydrogen-bond donors (Lipinski definition) is 0. The summed E-state index contributed by atoms with van der Waals surface area (Å²) in [6.45, 7) is 1.05. The van der Waals surface area contributed by atoms with Crippen molar-refractivity contribution in [3.8, 4) is 0 Å². The van der Waals surface area contributed by atoms with Gasteiger partial charge in [-0.25, -0.2) is 12.7 Å². The topological polar surface area (TPSA) is 37.4 Å². The molecule has 0 N–H and O–H groups in total. The standard InChI is InChI=1S/C17H21NO2S/c1-21(19,20)18(14-12-16-8-4-2-5-9-16)15-13-17-10-6-3-7-11-17/h2-11H,12-15H2,1H3. The molecule has 0 aromatic heterocycles. The molecule has 2 rings (SSSR count). The second kappa shape index (κ2) is 7.38. The van der Waals surface area contributed by atoms with Crippen LogP contribution in [-0.4, -0.2) is 32.1 Å². The Kier molecular flexibility index (Phi) is 5.53. The summed E-state index contributed by atoms with van der Waals surface area (Å²) in [6.07, 6.45) is 2.76. The van der Waals surface area contributed by atoms with Crippen molar-refractivity contribution >= 4 is 10.0 Å². The quantitative estimate of drug-likeness (QED) is 0.788. The Morgan fingerprint density at radius 1 is 0.762 bits per heavy atom. The maximum absolute atomic E-state index is 11.9. The van der Waals surface area contributed by atoms with Crippen LogP contribution in [0.1, 0.15) is 11.1 Å². The van der Waals surface area contributed by atoms with Crippen LogP contribution in [0.3, 0.4) is 0 Å². The Hall–Kier alpha value is -1.65. The zero-order chi connectivity index (χ0) is 15.1. The molecule has 0 aliphatic rings.